The van der Waals surface area contributed by atoms with Crippen LogP contribution < -0.4 is 11.1 Å². The van der Waals surface area contributed by atoms with Crippen LogP contribution >= 0.6 is 12.2 Å². The lowest BCUT2D eigenvalue weighted by Gasteiger charge is -2.44. The smallest absolute Gasteiger partial charge is 0.237 e. The molecule has 96 valence electrons. The molecule has 1 heterocycles. The fourth-order valence-corrected chi connectivity index (χ4v) is 2.68. The molecule has 0 aromatic carbocycles. The second-order valence-electron chi connectivity index (χ2n) is 5.10. The van der Waals surface area contributed by atoms with Crippen LogP contribution in [-0.2, 0) is 4.79 Å². The maximum atomic E-state index is 12.3. The van der Waals surface area contributed by atoms with Gasteiger partial charge in [0.1, 0.15) is 0 Å². The molecule has 0 saturated heterocycles. The van der Waals surface area contributed by atoms with E-state index in [4.69, 9.17) is 18.0 Å². The van der Waals surface area contributed by atoms with E-state index in [1.165, 1.54) is 0 Å². The summed E-state index contributed by atoms with van der Waals surface area (Å²) >= 11 is 5.05. The highest BCUT2D eigenvalue weighted by Gasteiger charge is 2.50. The summed E-state index contributed by atoms with van der Waals surface area (Å²) in [6.07, 6.45) is 3.10. The molecule has 1 aromatic heterocycles. The molecule has 0 aliphatic heterocycles. The van der Waals surface area contributed by atoms with Crippen molar-refractivity contribution >= 4 is 28.8 Å². The third-order valence-electron chi connectivity index (χ3n) is 3.47. The van der Waals surface area contributed by atoms with Crippen molar-refractivity contribution in [3.63, 3.8) is 0 Å². The van der Waals surface area contributed by atoms with Crippen LogP contribution in [0, 0.1) is 18.3 Å². The quantitative estimate of drug-likeness (QED) is 0.819. The topological polar surface area (TPSA) is 68.0 Å². The van der Waals surface area contributed by atoms with E-state index in [1.54, 1.807) is 6.20 Å². The van der Waals surface area contributed by atoms with Gasteiger partial charge in [-0.15, -0.1) is 0 Å². The van der Waals surface area contributed by atoms with Gasteiger partial charge in [0.15, 0.2) is 0 Å². The molecule has 2 rings (SSSR count). The summed E-state index contributed by atoms with van der Waals surface area (Å²) in [5, 5.41) is 2.84. The highest BCUT2D eigenvalue weighted by Crippen LogP contribution is 2.46. The zero-order valence-corrected chi connectivity index (χ0v) is 11.4. The maximum absolute atomic E-state index is 12.3. The van der Waals surface area contributed by atoms with E-state index in [9.17, 15) is 4.79 Å². The molecule has 0 atom stereocenters. The first-order chi connectivity index (χ1) is 8.44. The number of thiocarbonyl (C=S) groups is 1. The predicted molar refractivity (Wildman–Crippen MR) is 75.2 cm³/mol. The lowest BCUT2D eigenvalue weighted by atomic mass is 9.62. The summed E-state index contributed by atoms with van der Waals surface area (Å²) in [5.74, 6) is 0.382. The highest BCUT2D eigenvalue weighted by molar-refractivity contribution is 7.80. The van der Waals surface area contributed by atoms with Crippen LogP contribution in [-0.4, -0.2) is 15.9 Å². The lowest BCUT2D eigenvalue weighted by Crippen LogP contribution is -2.53. The van der Waals surface area contributed by atoms with Crippen LogP contribution in [0.3, 0.4) is 0 Å². The number of nitrogens with two attached hydrogens (primary N) is 1. The first-order valence-corrected chi connectivity index (χ1v) is 6.39. The molecule has 18 heavy (non-hydrogen) atoms. The standard InChI is InChI=1S/C13H17N3OS/c1-8-5-13(6-8,11(14)18)12(17)16-10-4-3-9(2)15-7-10/h3-4,7-8H,5-6H2,1-2H3,(H2,14,18)(H,16,17). The number of nitrogens with zero attached hydrogens (tertiary/aromatic N) is 1. The minimum Gasteiger partial charge on any atom is -0.392 e. The van der Waals surface area contributed by atoms with E-state index in [0.717, 1.165) is 18.5 Å². The van der Waals surface area contributed by atoms with Gasteiger partial charge in [0, 0.05) is 5.69 Å². The Morgan fingerprint density at radius 1 is 1.56 bits per heavy atom. The molecule has 1 aliphatic rings. The molecule has 3 N–H and O–H groups in total. The number of hydrogen-bond acceptors (Lipinski definition) is 3. The van der Waals surface area contributed by atoms with Crippen molar-refractivity contribution in [2.75, 3.05) is 5.32 Å². The third kappa shape index (κ3) is 2.22. The zero-order valence-electron chi connectivity index (χ0n) is 10.6. The molecular formula is C13H17N3OS. The molecule has 1 aliphatic carbocycles. The van der Waals surface area contributed by atoms with E-state index in [-0.39, 0.29) is 10.9 Å². The summed E-state index contributed by atoms with van der Waals surface area (Å²) < 4.78 is 0. The van der Waals surface area contributed by atoms with Crippen LogP contribution in [0.15, 0.2) is 18.3 Å². The minimum atomic E-state index is -0.667. The van der Waals surface area contributed by atoms with Crippen molar-refractivity contribution in [1.82, 2.24) is 4.98 Å². The summed E-state index contributed by atoms with van der Waals surface area (Å²) in [6.45, 7) is 3.99. The van der Waals surface area contributed by atoms with Crippen LogP contribution in [0.1, 0.15) is 25.5 Å². The molecule has 0 bridgehead atoms. The summed E-state index contributed by atoms with van der Waals surface area (Å²) in [6, 6.07) is 3.68. The van der Waals surface area contributed by atoms with E-state index in [1.807, 2.05) is 19.1 Å². The van der Waals surface area contributed by atoms with Gasteiger partial charge in [-0.2, -0.15) is 0 Å². The Labute approximate surface area is 112 Å². The number of carbonyl (C=O) groups is 1. The number of pyridine rings is 1. The number of carbonyl (C=O) groups excluding carboxylic acids is 1. The summed E-state index contributed by atoms with van der Waals surface area (Å²) in [7, 11) is 0. The third-order valence-corrected chi connectivity index (χ3v) is 3.86. The van der Waals surface area contributed by atoms with Crippen molar-refractivity contribution in [3.05, 3.63) is 24.0 Å². The fourth-order valence-electron chi connectivity index (χ4n) is 2.42. The number of nitrogens with one attached hydrogen (secondary N) is 1. The van der Waals surface area contributed by atoms with Gasteiger partial charge in [-0.25, -0.2) is 0 Å². The number of anilines is 1. The Hall–Kier alpha value is -1.49. The van der Waals surface area contributed by atoms with Gasteiger partial charge >= 0.3 is 0 Å². The normalized spacial score (nSPS) is 26.2. The summed E-state index contributed by atoms with van der Waals surface area (Å²) in [4.78, 5) is 16.7. The van der Waals surface area contributed by atoms with Crippen LogP contribution in [0.4, 0.5) is 5.69 Å². The van der Waals surface area contributed by atoms with Gasteiger partial charge in [-0.3, -0.25) is 9.78 Å². The molecule has 0 spiro atoms. The molecule has 1 saturated carbocycles. The second-order valence-corrected chi connectivity index (χ2v) is 5.54. The Morgan fingerprint density at radius 2 is 2.22 bits per heavy atom. The number of aromatic nitrogens is 1. The Morgan fingerprint density at radius 3 is 2.67 bits per heavy atom. The van der Waals surface area contributed by atoms with Gasteiger partial charge in [-0.05, 0) is 37.8 Å². The van der Waals surface area contributed by atoms with Crippen molar-refractivity contribution in [1.29, 1.82) is 0 Å². The molecule has 0 radical (unpaired) electrons. The molecular weight excluding hydrogens is 246 g/mol. The first kappa shape index (κ1) is 13.0. The number of amides is 1. The Kier molecular flexibility index (Phi) is 3.34. The number of hydrogen-bond donors (Lipinski definition) is 2. The van der Waals surface area contributed by atoms with E-state index in [0.29, 0.717) is 11.6 Å². The number of rotatable bonds is 3. The predicted octanol–water partition coefficient (Wildman–Crippen LogP) is 2.03. The first-order valence-electron chi connectivity index (χ1n) is 5.98. The molecule has 1 aromatic rings. The van der Waals surface area contributed by atoms with E-state index >= 15 is 0 Å². The van der Waals surface area contributed by atoms with Gasteiger partial charge < -0.3 is 11.1 Å². The van der Waals surface area contributed by atoms with Crippen LogP contribution in [0.25, 0.3) is 0 Å². The molecule has 1 fully saturated rings. The number of aryl methyl sites for hydroxylation is 1. The molecule has 0 unspecified atom stereocenters. The SMILES string of the molecule is Cc1ccc(NC(=O)C2(C(N)=S)CC(C)C2)cn1. The molecule has 5 heteroatoms. The highest BCUT2D eigenvalue weighted by atomic mass is 32.1. The largest absolute Gasteiger partial charge is 0.392 e. The molecule has 1 amide bonds. The fraction of sp³-hybridized carbons (Fsp3) is 0.462. The average molecular weight is 263 g/mol. The van der Waals surface area contributed by atoms with Crippen molar-refractivity contribution < 1.29 is 4.79 Å². The van der Waals surface area contributed by atoms with Crippen molar-refractivity contribution in [2.45, 2.75) is 26.7 Å². The van der Waals surface area contributed by atoms with Gasteiger partial charge in [-0.1, -0.05) is 19.1 Å². The average Bonchev–Trinajstić information content (AvgIpc) is 2.27. The zero-order chi connectivity index (χ0) is 13.3. The Balaban J connectivity index is 2.11. The van der Waals surface area contributed by atoms with E-state index < -0.39 is 5.41 Å². The van der Waals surface area contributed by atoms with Crippen molar-refractivity contribution in [2.24, 2.45) is 17.1 Å². The van der Waals surface area contributed by atoms with Crippen LogP contribution in [0.2, 0.25) is 0 Å². The summed E-state index contributed by atoms with van der Waals surface area (Å²) in [5.41, 5.74) is 6.65. The second kappa shape index (κ2) is 4.65. The Bertz CT molecular complexity index is 478. The van der Waals surface area contributed by atoms with Gasteiger partial charge in [0.05, 0.1) is 22.3 Å². The maximum Gasteiger partial charge on any atom is 0.237 e. The molecule has 4 nitrogen and oxygen atoms in total. The van der Waals surface area contributed by atoms with Crippen LogP contribution in [0.5, 0.6) is 0 Å². The van der Waals surface area contributed by atoms with Crippen molar-refractivity contribution in [3.8, 4) is 0 Å². The monoisotopic (exact) mass is 263 g/mol. The lowest BCUT2D eigenvalue weighted by molar-refractivity contribution is -0.127. The van der Waals surface area contributed by atoms with Gasteiger partial charge in [0.2, 0.25) is 5.91 Å². The van der Waals surface area contributed by atoms with Gasteiger partial charge in [0.25, 0.3) is 0 Å². The van der Waals surface area contributed by atoms with E-state index in [2.05, 4.69) is 17.2 Å². The minimum absolute atomic E-state index is 0.112.